The molecule has 3 aromatic rings. The molecule has 2 atom stereocenters. The van der Waals surface area contributed by atoms with Crippen LogP contribution in [0.1, 0.15) is 45.6 Å². The minimum Gasteiger partial charge on any atom is -0.347 e. The molecule has 0 radical (unpaired) electrons. The van der Waals surface area contributed by atoms with Gasteiger partial charge >= 0.3 is 0 Å². The van der Waals surface area contributed by atoms with Crippen molar-refractivity contribution in [2.24, 2.45) is 5.92 Å². The first-order valence-electron chi connectivity index (χ1n) is 10.3. The van der Waals surface area contributed by atoms with Gasteiger partial charge in [0.05, 0.1) is 5.25 Å². The summed E-state index contributed by atoms with van der Waals surface area (Å²) >= 11 is 0. The molecule has 0 spiro atoms. The number of pyridine rings is 1. The van der Waals surface area contributed by atoms with Crippen molar-refractivity contribution in [2.45, 2.75) is 57.9 Å². The van der Waals surface area contributed by atoms with Crippen LogP contribution in [0.3, 0.4) is 0 Å². The number of rotatable bonds is 7. The Morgan fingerprint density at radius 2 is 1.83 bits per heavy atom. The van der Waals surface area contributed by atoms with Crippen LogP contribution in [0, 0.1) is 5.92 Å². The monoisotopic (exact) mass is 411 g/mol. The Hall–Kier alpha value is -2.18. The maximum absolute atomic E-state index is 12.3. The van der Waals surface area contributed by atoms with Crippen LogP contribution in [-0.2, 0) is 16.6 Å². The first-order chi connectivity index (χ1) is 13.8. The normalized spacial score (nSPS) is 19.4. The van der Waals surface area contributed by atoms with Gasteiger partial charge in [0.15, 0.2) is 0 Å². The van der Waals surface area contributed by atoms with Crippen LogP contribution in [0.25, 0.3) is 22.0 Å². The predicted octanol–water partition coefficient (Wildman–Crippen LogP) is 4.54. The molecule has 1 aliphatic rings. The van der Waals surface area contributed by atoms with E-state index in [2.05, 4.69) is 52.5 Å². The second kappa shape index (κ2) is 7.58. The molecular formula is C23H29N3O2S. The molecule has 1 N–H and O–H groups in total. The van der Waals surface area contributed by atoms with E-state index in [9.17, 15) is 8.42 Å². The van der Waals surface area contributed by atoms with Gasteiger partial charge in [-0.25, -0.2) is 13.1 Å². The fourth-order valence-corrected chi connectivity index (χ4v) is 4.85. The van der Waals surface area contributed by atoms with E-state index in [4.69, 9.17) is 0 Å². The molecular weight excluding hydrogens is 382 g/mol. The predicted molar refractivity (Wildman–Crippen MR) is 118 cm³/mol. The molecule has 1 saturated carbocycles. The Morgan fingerprint density at radius 1 is 1.10 bits per heavy atom. The lowest BCUT2D eigenvalue weighted by molar-refractivity contribution is 0.534. The molecule has 0 amide bonds. The van der Waals surface area contributed by atoms with Crippen molar-refractivity contribution in [3.05, 3.63) is 54.5 Å². The van der Waals surface area contributed by atoms with E-state index in [0.717, 1.165) is 18.5 Å². The average molecular weight is 412 g/mol. The Kier molecular flexibility index (Phi) is 5.25. The Morgan fingerprint density at radius 3 is 2.48 bits per heavy atom. The number of hydrogen-bond acceptors (Lipinski definition) is 3. The SMILES string of the molecule is CC(C)Cn1cc([C@H]2C[C@H]2NS(=O)(=O)C(C)C)c2ccc(-c3ccncc3)cc21. The Balaban J connectivity index is 1.70. The van der Waals surface area contributed by atoms with Gasteiger partial charge in [-0.2, -0.15) is 0 Å². The van der Waals surface area contributed by atoms with Crippen LogP contribution in [0.5, 0.6) is 0 Å². The fourth-order valence-electron chi connectivity index (χ4n) is 3.90. The van der Waals surface area contributed by atoms with Crippen molar-refractivity contribution < 1.29 is 8.42 Å². The van der Waals surface area contributed by atoms with Crippen LogP contribution in [0.15, 0.2) is 48.9 Å². The first kappa shape index (κ1) is 20.1. The van der Waals surface area contributed by atoms with Gasteiger partial charge in [0, 0.05) is 48.0 Å². The molecule has 1 aliphatic carbocycles. The number of fused-ring (bicyclic) bond motifs is 1. The third-order valence-corrected chi connectivity index (χ3v) is 7.49. The summed E-state index contributed by atoms with van der Waals surface area (Å²) in [6.07, 6.45) is 6.72. The second-order valence-corrected chi connectivity index (χ2v) is 11.0. The zero-order chi connectivity index (χ0) is 20.8. The molecule has 0 saturated heterocycles. The molecule has 4 rings (SSSR count). The maximum atomic E-state index is 12.3. The van der Waals surface area contributed by atoms with Gasteiger partial charge in [-0.3, -0.25) is 4.98 Å². The number of nitrogens with one attached hydrogen (secondary N) is 1. The summed E-state index contributed by atoms with van der Waals surface area (Å²) in [4.78, 5) is 4.11. The first-order valence-corrected chi connectivity index (χ1v) is 11.8. The summed E-state index contributed by atoms with van der Waals surface area (Å²) < 4.78 is 29.7. The summed E-state index contributed by atoms with van der Waals surface area (Å²) in [5, 5.41) is 0.814. The summed E-state index contributed by atoms with van der Waals surface area (Å²) in [5.74, 6) is 0.767. The molecule has 0 aliphatic heterocycles. The molecule has 6 heteroatoms. The number of benzene rings is 1. The van der Waals surface area contributed by atoms with Crippen molar-refractivity contribution in [3.63, 3.8) is 0 Å². The van der Waals surface area contributed by atoms with E-state index in [1.54, 1.807) is 13.8 Å². The number of hydrogen-bond donors (Lipinski definition) is 1. The van der Waals surface area contributed by atoms with Gasteiger partial charge in [0.1, 0.15) is 0 Å². The van der Waals surface area contributed by atoms with Crippen LogP contribution in [-0.4, -0.2) is 29.3 Å². The number of aromatic nitrogens is 2. The molecule has 2 aromatic heterocycles. The molecule has 29 heavy (non-hydrogen) atoms. The third kappa shape index (κ3) is 4.09. The van der Waals surface area contributed by atoms with E-state index in [1.807, 2.05) is 24.5 Å². The highest BCUT2D eigenvalue weighted by Crippen LogP contribution is 2.45. The molecule has 1 fully saturated rings. The summed E-state index contributed by atoms with van der Waals surface area (Å²) in [7, 11) is -3.25. The summed E-state index contributed by atoms with van der Waals surface area (Å²) in [6, 6.07) is 10.6. The van der Waals surface area contributed by atoms with Gasteiger partial charge in [-0.1, -0.05) is 26.0 Å². The largest absolute Gasteiger partial charge is 0.347 e. The van der Waals surface area contributed by atoms with Gasteiger partial charge in [0.2, 0.25) is 10.0 Å². The van der Waals surface area contributed by atoms with Crippen molar-refractivity contribution in [3.8, 4) is 11.1 Å². The van der Waals surface area contributed by atoms with E-state index in [-0.39, 0.29) is 12.0 Å². The van der Waals surface area contributed by atoms with E-state index in [0.29, 0.717) is 5.92 Å². The Labute approximate surface area is 173 Å². The van der Waals surface area contributed by atoms with Gasteiger partial charge < -0.3 is 4.57 Å². The highest BCUT2D eigenvalue weighted by Gasteiger charge is 2.43. The lowest BCUT2D eigenvalue weighted by Crippen LogP contribution is -2.33. The second-order valence-electron chi connectivity index (χ2n) is 8.76. The number of nitrogens with zero attached hydrogens (tertiary/aromatic N) is 2. The maximum Gasteiger partial charge on any atom is 0.214 e. The highest BCUT2D eigenvalue weighted by molar-refractivity contribution is 7.90. The van der Waals surface area contributed by atoms with E-state index in [1.165, 1.54) is 22.0 Å². The quantitative estimate of drug-likeness (QED) is 0.621. The zero-order valence-electron chi connectivity index (χ0n) is 17.5. The lowest BCUT2D eigenvalue weighted by atomic mass is 10.0. The summed E-state index contributed by atoms with van der Waals surface area (Å²) in [5.41, 5.74) is 4.77. The van der Waals surface area contributed by atoms with Crippen molar-refractivity contribution in [1.82, 2.24) is 14.3 Å². The number of sulfonamides is 1. The minimum absolute atomic E-state index is 0.000347. The van der Waals surface area contributed by atoms with E-state index >= 15 is 0 Å². The zero-order valence-corrected chi connectivity index (χ0v) is 18.3. The van der Waals surface area contributed by atoms with Gasteiger partial charge in [-0.15, -0.1) is 0 Å². The molecule has 0 unspecified atom stereocenters. The van der Waals surface area contributed by atoms with Crippen molar-refractivity contribution in [2.75, 3.05) is 0 Å². The molecule has 2 heterocycles. The third-order valence-electron chi connectivity index (χ3n) is 5.61. The van der Waals surface area contributed by atoms with Crippen molar-refractivity contribution >= 4 is 20.9 Å². The smallest absolute Gasteiger partial charge is 0.214 e. The van der Waals surface area contributed by atoms with Gasteiger partial charge in [0.25, 0.3) is 0 Å². The topological polar surface area (TPSA) is 64.0 Å². The van der Waals surface area contributed by atoms with Crippen LogP contribution >= 0.6 is 0 Å². The van der Waals surface area contributed by atoms with Crippen LogP contribution in [0.2, 0.25) is 0 Å². The van der Waals surface area contributed by atoms with E-state index < -0.39 is 15.3 Å². The van der Waals surface area contributed by atoms with Gasteiger partial charge in [-0.05, 0) is 61.1 Å². The fraction of sp³-hybridized carbons (Fsp3) is 0.435. The summed E-state index contributed by atoms with van der Waals surface area (Å²) in [6.45, 7) is 8.80. The molecule has 154 valence electrons. The Bertz CT molecular complexity index is 1120. The van der Waals surface area contributed by atoms with Crippen molar-refractivity contribution in [1.29, 1.82) is 0 Å². The van der Waals surface area contributed by atoms with Crippen LogP contribution < -0.4 is 4.72 Å². The highest BCUT2D eigenvalue weighted by atomic mass is 32.2. The molecule has 0 bridgehead atoms. The lowest BCUT2D eigenvalue weighted by Gasteiger charge is -2.09. The minimum atomic E-state index is -3.25. The average Bonchev–Trinajstić information content (AvgIpc) is 3.33. The standard InChI is InChI=1S/C23H29N3O2S/c1-15(2)13-26-14-21(20-12-22(20)25-29(27,28)16(3)4)19-6-5-18(11-23(19)26)17-7-9-24-10-8-17/h5-11,14-16,20,22,25H,12-13H2,1-4H3/t20-,22-/m1/s1. The molecule has 5 nitrogen and oxygen atoms in total. The van der Waals surface area contributed by atoms with Crippen LogP contribution in [0.4, 0.5) is 0 Å². The molecule has 1 aromatic carbocycles.